The van der Waals surface area contributed by atoms with E-state index in [0.717, 1.165) is 29.7 Å². The molecule has 1 aliphatic heterocycles. The first-order valence-electron chi connectivity index (χ1n) is 10.5. The van der Waals surface area contributed by atoms with Gasteiger partial charge in [0.25, 0.3) is 5.91 Å². The van der Waals surface area contributed by atoms with Crippen LogP contribution >= 0.6 is 11.8 Å². The van der Waals surface area contributed by atoms with E-state index < -0.39 is 0 Å². The number of carbonyl (C=O) groups is 1. The topological polar surface area (TPSA) is 32.3 Å². The lowest BCUT2D eigenvalue weighted by molar-refractivity contribution is 0.0956. The number of hydrogen-bond acceptors (Lipinski definition) is 3. The molecule has 1 saturated heterocycles. The number of nitrogens with one attached hydrogen (secondary N) is 1. The zero-order chi connectivity index (χ0) is 18.0. The molecular formula is C22H34N2OS. The van der Waals surface area contributed by atoms with E-state index in [1.807, 2.05) is 23.9 Å². The predicted octanol–water partition coefficient (Wildman–Crippen LogP) is 4.86. The van der Waals surface area contributed by atoms with Gasteiger partial charge < -0.3 is 5.32 Å². The van der Waals surface area contributed by atoms with Gasteiger partial charge in [-0.2, -0.15) is 11.8 Å². The Kier molecular flexibility index (Phi) is 8.34. The summed E-state index contributed by atoms with van der Waals surface area (Å²) in [5.74, 6) is 1.10. The molecule has 0 atom stereocenters. The molecule has 1 aliphatic carbocycles. The Labute approximate surface area is 163 Å². The van der Waals surface area contributed by atoms with Gasteiger partial charge >= 0.3 is 0 Å². The van der Waals surface area contributed by atoms with Crippen molar-refractivity contribution >= 4 is 17.7 Å². The lowest BCUT2D eigenvalue weighted by Crippen LogP contribution is -2.26. The summed E-state index contributed by atoms with van der Waals surface area (Å²) in [5, 5.41) is 3.90. The van der Waals surface area contributed by atoms with Gasteiger partial charge in [0.2, 0.25) is 0 Å². The molecule has 2 fully saturated rings. The van der Waals surface area contributed by atoms with E-state index in [1.165, 1.54) is 76.4 Å². The van der Waals surface area contributed by atoms with Crippen molar-refractivity contribution in [2.45, 2.75) is 69.6 Å². The van der Waals surface area contributed by atoms with Crippen LogP contribution in [0.25, 0.3) is 0 Å². The molecule has 0 radical (unpaired) electrons. The summed E-state index contributed by atoms with van der Waals surface area (Å²) in [5.41, 5.74) is 2.10. The van der Waals surface area contributed by atoms with Crippen molar-refractivity contribution in [1.82, 2.24) is 10.2 Å². The number of hydrogen-bond donors (Lipinski definition) is 1. The fraction of sp³-hybridized carbons (Fsp3) is 0.682. The maximum atomic E-state index is 12.3. The van der Waals surface area contributed by atoms with Crippen LogP contribution in [-0.4, -0.2) is 41.4 Å². The maximum Gasteiger partial charge on any atom is 0.251 e. The third kappa shape index (κ3) is 6.62. The highest BCUT2D eigenvalue weighted by Gasteiger charge is 2.14. The molecule has 0 spiro atoms. The van der Waals surface area contributed by atoms with Gasteiger partial charge in [-0.25, -0.2) is 0 Å². The average molecular weight is 375 g/mol. The normalized spacial score (nSPS) is 19.8. The van der Waals surface area contributed by atoms with Crippen molar-refractivity contribution < 1.29 is 4.79 Å². The highest BCUT2D eigenvalue weighted by atomic mass is 32.2. The van der Waals surface area contributed by atoms with Gasteiger partial charge in [-0.1, -0.05) is 44.2 Å². The molecule has 1 N–H and O–H groups in total. The molecule has 4 heteroatoms. The summed E-state index contributed by atoms with van der Waals surface area (Å²) in [4.78, 5) is 14.9. The molecule has 1 aromatic rings. The fourth-order valence-electron chi connectivity index (χ4n) is 4.04. The van der Waals surface area contributed by atoms with Crippen LogP contribution < -0.4 is 5.32 Å². The van der Waals surface area contributed by atoms with Crippen LogP contribution in [0.4, 0.5) is 0 Å². The first-order valence-corrected chi connectivity index (χ1v) is 11.6. The van der Waals surface area contributed by atoms with Crippen LogP contribution in [0.2, 0.25) is 0 Å². The van der Waals surface area contributed by atoms with Gasteiger partial charge in [-0.15, -0.1) is 0 Å². The number of thioether (sulfide) groups is 1. The van der Waals surface area contributed by atoms with Crippen molar-refractivity contribution in [3.05, 3.63) is 35.4 Å². The van der Waals surface area contributed by atoms with Gasteiger partial charge in [0.05, 0.1) is 0 Å². The Morgan fingerprint density at radius 2 is 1.62 bits per heavy atom. The van der Waals surface area contributed by atoms with Gasteiger partial charge in [-0.05, 0) is 56.5 Å². The maximum absolute atomic E-state index is 12.3. The summed E-state index contributed by atoms with van der Waals surface area (Å²) in [6.07, 6.45) is 12.3. The zero-order valence-corrected chi connectivity index (χ0v) is 16.9. The molecule has 26 heavy (non-hydrogen) atoms. The van der Waals surface area contributed by atoms with Crippen molar-refractivity contribution in [2.24, 2.45) is 0 Å². The van der Waals surface area contributed by atoms with Crippen LogP contribution in [0.5, 0.6) is 0 Å². The second-order valence-corrected chi connectivity index (χ2v) is 9.18. The van der Waals surface area contributed by atoms with Crippen LogP contribution in [0.1, 0.15) is 73.7 Å². The highest BCUT2D eigenvalue weighted by Crippen LogP contribution is 2.27. The summed E-state index contributed by atoms with van der Waals surface area (Å²) >= 11 is 2.04. The van der Waals surface area contributed by atoms with Crippen LogP contribution in [0.3, 0.4) is 0 Å². The van der Waals surface area contributed by atoms with E-state index in [9.17, 15) is 4.79 Å². The number of carbonyl (C=O) groups excluding carboxylic acids is 1. The number of benzene rings is 1. The fourth-order valence-corrected chi connectivity index (χ4v) is 5.26. The number of rotatable bonds is 7. The quantitative estimate of drug-likeness (QED) is 0.692. The summed E-state index contributed by atoms with van der Waals surface area (Å²) < 4.78 is 0. The molecular weight excluding hydrogens is 340 g/mol. The smallest absolute Gasteiger partial charge is 0.251 e. The summed E-state index contributed by atoms with van der Waals surface area (Å²) in [7, 11) is 0. The van der Waals surface area contributed by atoms with Crippen molar-refractivity contribution in [1.29, 1.82) is 0 Å². The van der Waals surface area contributed by atoms with E-state index in [-0.39, 0.29) is 5.91 Å². The standard InChI is InChI=1S/C22H34N2OS/c25-22(23-14-17-26-21-8-4-3-5-9-21)20-12-10-19(11-13-20)18-24-15-6-1-2-7-16-24/h10-13,21H,1-9,14-18H2,(H,23,25). The second-order valence-electron chi connectivity index (χ2n) is 7.77. The second kappa shape index (κ2) is 11.0. The van der Waals surface area contributed by atoms with Crippen LogP contribution in [0.15, 0.2) is 24.3 Å². The van der Waals surface area contributed by atoms with Gasteiger partial charge in [0, 0.05) is 29.7 Å². The van der Waals surface area contributed by atoms with E-state index in [1.54, 1.807) is 0 Å². The molecule has 2 aliphatic rings. The molecule has 0 bridgehead atoms. The van der Waals surface area contributed by atoms with Crippen molar-refractivity contribution in [3.8, 4) is 0 Å². The minimum atomic E-state index is 0.0653. The third-order valence-electron chi connectivity index (χ3n) is 5.61. The molecule has 1 amide bonds. The first kappa shape index (κ1) is 19.8. The monoisotopic (exact) mass is 374 g/mol. The first-order chi connectivity index (χ1) is 12.8. The van der Waals surface area contributed by atoms with Gasteiger partial charge in [-0.3, -0.25) is 9.69 Å². The molecule has 1 heterocycles. The van der Waals surface area contributed by atoms with Crippen molar-refractivity contribution in [3.63, 3.8) is 0 Å². The van der Waals surface area contributed by atoms with E-state index in [4.69, 9.17) is 0 Å². The van der Waals surface area contributed by atoms with Crippen LogP contribution in [-0.2, 0) is 6.54 Å². The van der Waals surface area contributed by atoms with Gasteiger partial charge in [0.1, 0.15) is 0 Å². The number of nitrogens with zero attached hydrogens (tertiary/aromatic N) is 1. The number of amides is 1. The Morgan fingerprint density at radius 3 is 2.31 bits per heavy atom. The Bertz CT molecular complexity index is 532. The average Bonchev–Trinajstić information content (AvgIpc) is 2.95. The lowest BCUT2D eigenvalue weighted by Gasteiger charge is -2.21. The molecule has 1 saturated carbocycles. The predicted molar refractivity (Wildman–Crippen MR) is 112 cm³/mol. The lowest BCUT2D eigenvalue weighted by atomic mass is 10.0. The highest BCUT2D eigenvalue weighted by molar-refractivity contribution is 7.99. The summed E-state index contributed by atoms with van der Waals surface area (Å²) in [6, 6.07) is 8.21. The van der Waals surface area contributed by atoms with Gasteiger partial charge in [0.15, 0.2) is 0 Å². The Balaban J connectivity index is 1.37. The minimum Gasteiger partial charge on any atom is -0.351 e. The molecule has 0 aromatic heterocycles. The largest absolute Gasteiger partial charge is 0.351 e. The van der Waals surface area contributed by atoms with E-state index >= 15 is 0 Å². The molecule has 3 nitrogen and oxygen atoms in total. The SMILES string of the molecule is O=C(NCCSC1CCCCC1)c1ccc(CN2CCCCCC2)cc1. The molecule has 0 unspecified atom stereocenters. The zero-order valence-electron chi connectivity index (χ0n) is 16.0. The van der Waals surface area contributed by atoms with Crippen molar-refractivity contribution in [2.75, 3.05) is 25.4 Å². The molecule has 3 rings (SSSR count). The Morgan fingerprint density at radius 1 is 0.962 bits per heavy atom. The van der Waals surface area contributed by atoms with E-state index in [0.29, 0.717) is 0 Å². The van der Waals surface area contributed by atoms with E-state index in [2.05, 4.69) is 22.3 Å². The third-order valence-corrected chi connectivity index (χ3v) is 7.00. The summed E-state index contributed by atoms with van der Waals surface area (Å²) in [6.45, 7) is 4.21. The molecule has 1 aromatic carbocycles. The Hall–Kier alpha value is -1.00. The number of likely N-dealkylation sites (tertiary alicyclic amines) is 1. The van der Waals surface area contributed by atoms with Crippen LogP contribution in [0, 0.1) is 0 Å². The minimum absolute atomic E-state index is 0.0653. The molecule has 144 valence electrons.